The summed E-state index contributed by atoms with van der Waals surface area (Å²) in [7, 11) is 0. The van der Waals surface area contributed by atoms with E-state index in [1.165, 1.54) is 0 Å². The second-order valence-corrected chi connectivity index (χ2v) is 3.00. The zero-order valence-electron chi connectivity index (χ0n) is 7.61. The van der Waals surface area contributed by atoms with Crippen molar-refractivity contribution in [2.45, 2.75) is 12.5 Å². The Kier molecular flexibility index (Phi) is 3.65. The van der Waals surface area contributed by atoms with E-state index >= 15 is 0 Å². The van der Waals surface area contributed by atoms with Crippen LogP contribution in [-0.2, 0) is 0 Å². The van der Waals surface area contributed by atoms with Crippen LogP contribution in [0.2, 0.25) is 0 Å². The van der Waals surface area contributed by atoms with Crippen molar-refractivity contribution in [1.82, 2.24) is 0 Å². The van der Waals surface area contributed by atoms with E-state index < -0.39 is 41.5 Å². The Balaban J connectivity index is 3.26. The smallest absolute Gasteiger partial charge is 0.166 e. The van der Waals surface area contributed by atoms with Gasteiger partial charge in [0.05, 0.1) is 0 Å². The fourth-order valence-electron chi connectivity index (χ4n) is 1.20. The number of hydrogen-bond acceptors (Lipinski definition) is 2. The van der Waals surface area contributed by atoms with Gasteiger partial charge < -0.3 is 10.8 Å². The first-order chi connectivity index (χ1) is 6.99. The Morgan fingerprint density at radius 1 is 1.13 bits per heavy atom. The van der Waals surface area contributed by atoms with E-state index in [2.05, 4.69) is 0 Å². The lowest BCUT2D eigenvalue weighted by Crippen LogP contribution is -2.17. The van der Waals surface area contributed by atoms with Gasteiger partial charge in [0.2, 0.25) is 0 Å². The van der Waals surface area contributed by atoms with Crippen LogP contribution in [0, 0.1) is 23.3 Å². The van der Waals surface area contributed by atoms with E-state index in [1.54, 1.807) is 0 Å². The molecule has 0 radical (unpaired) electrons. The summed E-state index contributed by atoms with van der Waals surface area (Å²) in [6.07, 6.45) is -0.184. The van der Waals surface area contributed by atoms with Gasteiger partial charge in [0, 0.05) is 24.3 Å². The van der Waals surface area contributed by atoms with E-state index in [1.807, 2.05) is 0 Å². The molecule has 0 aromatic heterocycles. The lowest BCUT2D eigenvalue weighted by atomic mass is 10.0. The molecule has 0 aliphatic heterocycles. The average molecular weight is 223 g/mol. The normalized spacial score (nSPS) is 12.9. The highest BCUT2D eigenvalue weighted by molar-refractivity contribution is 5.25. The van der Waals surface area contributed by atoms with Gasteiger partial charge in [0.1, 0.15) is 0 Å². The molecular formula is C9H9F4NO. The molecule has 1 rings (SSSR count). The first-order valence-electron chi connectivity index (χ1n) is 4.18. The Morgan fingerprint density at radius 2 is 1.60 bits per heavy atom. The van der Waals surface area contributed by atoms with Gasteiger partial charge in [-0.3, -0.25) is 0 Å². The monoisotopic (exact) mass is 223 g/mol. The van der Waals surface area contributed by atoms with Crippen LogP contribution in [0.1, 0.15) is 18.0 Å². The van der Waals surface area contributed by atoms with Gasteiger partial charge in [-0.1, -0.05) is 0 Å². The van der Waals surface area contributed by atoms with E-state index in [9.17, 15) is 17.6 Å². The second kappa shape index (κ2) is 4.59. The Labute approximate surface area is 83.3 Å². The summed E-state index contributed by atoms with van der Waals surface area (Å²) in [5, 5.41) is 8.51. The van der Waals surface area contributed by atoms with Crippen LogP contribution in [0.3, 0.4) is 0 Å². The molecule has 0 saturated heterocycles. The molecule has 1 atom stereocenters. The lowest BCUT2D eigenvalue weighted by molar-refractivity contribution is 0.272. The minimum absolute atomic E-state index is 0.111. The molecule has 6 heteroatoms. The molecule has 0 amide bonds. The molecule has 0 heterocycles. The molecule has 0 bridgehead atoms. The van der Waals surface area contributed by atoms with Crippen molar-refractivity contribution < 1.29 is 22.7 Å². The van der Waals surface area contributed by atoms with Crippen LogP contribution in [0.15, 0.2) is 6.07 Å². The van der Waals surface area contributed by atoms with Crippen molar-refractivity contribution in [2.75, 3.05) is 6.61 Å². The fraction of sp³-hybridized carbons (Fsp3) is 0.333. The first-order valence-corrected chi connectivity index (χ1v) is 4.18. The predicted octanol–water partition coefficient (Wildman–Crippen LogP) is 1.63. The largest absolute Gasteiger partial charge is 0.396 e. The van der Waals surface area contributed by atoms with E-state index in [-0.39, 0.29) is 12.5 Å². The van der Waals surface area contributed by atoms with Gasteiger partial charge in [0.25, 0.3) is 0 Å². The zero-order chi connectivity index (χ0) is 11.6. The fourth-order valence-corrected chi connectivity index (χ4v) is 1.20. The summed E-state index contributed by atoms with van der Waals surface area (Å²) < 4.78 is 51.6. The van der Waals surface area contributed by atoms with Crippen molar-refractivity contribution in [2.24, 2.45) is 5.73 Å². The third-order valence-electron chi connectivity index (χ3n) is 1.96. The summed E-state index contributed by atoms with van der Waals surface area (Å²) >= 11 is 0. The predicted molar refractivity (Wildman–Crippen MR) is 44.9 cm³/mol. The molecule has 15 heavy (non-hydrogen) atoms. The maximum atomic E-state index is 13.1. The standard InChI is InChI=1S/C9H9F4NO/c10-4-3-5(11)9(13)7(8(4)12)6(14)1-2-15/h3,6,15H,1-2,14H2. The third kappa shape index (κ3) is 2.27. The minimum atomic E-state index is -1.52. The van der Waals surface area contributed by atoms with Crippen LogP contribution >= 0.6 is 0 Å². The van der Waals surface area contributed by atoms with Crippen molar-refractivity contribution in [3.8, 4) is 0 Å². The number of hydrogen-bond donors (Lipinski definition) is 2. The quantitative estimate of drug-likeness (QED) is 0.604. The molecule has 84 valence electrons. The van der Waals surface area contributed by atoms with E-state index in [4.69, 9.17) is 10.8 Å². The lowest BCUT2D eigenvalue weighted by Gasteiger charge is -2.13. The molecule has 1 aromatic rings. The molecule has 0 aliphatic rings. The van der Waals surface area contributed by atoms with Crippen LogP contribution in [0.5, 0.6) is 0 Å². The summed E-state index contributed by atoms with van der Waals surface area (Å²) in [5.74, 6) is -6.04. The Bertz CT molecular complexity index is 343. The molecule has 0 fully saturated rings. The summed E-state index contributed by atoms with van der Waals surface area (Å²) in [5.41, 5.74) is 4.40. The molecule has 0 spiro atoms. The van der Waals surface area contributed by atoms with Gasteiger partial charge >= 0.3 is 0 Å². The number of rotatable bonds is 3. The minimum Gasteiger partial charge on any atom is -0.396 e. The number of nitrogens with two attached hydrogens (primary N) is 1. The maximum absolute atomic E-state index is 13.1. The third-order valence-corrected chi connectivity index (χ3v) is 1.96. The van der Waals surface area contributed by atoms with Gasteiger partial charge in [-0.2, -0.15) is 0 Å². The summed E-state index contributed by atoms with van der Waals surface area (Å²) in [4.78, 5) is 0. The van der Waals surface area contributed by atoms with Crippen molar-refractivity contribution in [3.63, 3.8) is 0 Å². The van der Waals surface area contributed by atoms with Gasteiger partial charge in [-0.15, -0.1) is 0 Å². The highest BCUT2D eigenvalue weighted by atomic mass is 19.2. The highest BCUT2D eigenvalue weighted by Gasteiger charge is 2.23. The summed E-state index contributed by atoms with van der Waals surface area (Å²) in [6.45, 7) is -0.432. The SMILES string of the molecule is NC(CCO)c1c(F)c(F)cc(F)c1F. The molecule has 1 unspecified atom stereocenters. The highest BCUT2D eigenvalue weighted by Crippen LogP contribution is 2.25. The van der Waals surface area contributed by atoms with Crippen molar-refractivity contribution >= 4 is 0 Å². The molecule has 3 N–H and O–H groups in total. The molecular weight excluding hydrogens is 214 g/mol. The molecule has 1 aromatic carbocycles. The van der Waals surface area contributed by atoms with Crippen LogP contribution in [0.25, 0.3) is 0 Å². The van der Waals surface area contributed by atoms with Crippen molar-refractivity contribution in [1.29, 1.82) is 0 Å². The maximum Gasteiger partial charge on any atom is 0.166 e. The Hall–Kier alpha value is -1.14. The van der Waals surface area contributed by atoms with E-state index in [0.717, 1.165) is 0 Å². The van der Waals surface area contributed by atoms with Crippen LogP contribution in [-0.4, -0.2) is 11.7 Å². The molecule has 0 aliphatic carbocycles. The summed E-state index contributed by atoms with van der Waals surface area (Å²) in [6, 6.07) is -1.17. The number of halogens is 4. The van der Waals surface area contributed by atoms with Crippen LogP contribution in [0.4, 0.5) is 17.6 Å². The van der Waals surface area contributed by atoms with Crippen LogP contribution < -0.4 is 5.73 Å². The first kappa shape index (κ1) is 11.9. The number of aliphatic hydroxyl groups excluding tert-OH is 1. The average Bonchev–Trinajstić information content (AvgIpc) is 2.16. The number of benzene rings is 1. The Morgan fingerprint density at radius 3 is 2.00 bits per heavy atom. The van der Waals surface area contributed by atoms with Gasteiger partial charge in [-0.25, -0.2) is 17.6 Å². The van der Waals surface area contributed by atoms with Gasteiger partial charge in [-0.05, 0) is 6.42 Å². The second-order valence-electron chi connectivity index (χ2n) is 3.00. The topological polar surface area (TPSA) is 46.2 Å². The molecule has 0 saturated carbocycles. The van der Waals surface area contributed by atoms with Gasteiger partial charge in [0.15, 0.2) is 23.3 Å². The van der Waals surface area contributed by atoms with Crippen molar-refractivity contribution in [3.05, 3.63) is 34.9 Å². The van der Waals surface area contributed by atoms with E-state index in [0.29, 0.717) is 0 Å². The number of aliphatic hydroxyl groups is 1. The zero-order valence-corrected chi connectivity index (χ0v) is 7.61. The molecule has 2 nitrogen and oxygen atoms in total.